The van der Waals surface area contributed by atoms with Crippen molar-refractivity contribution < 1.29 is 14.6 Å². The van der Waals surface area contributed by atoms with Gasteiger partial charge in [0.05, 0.1) is 22.6 Å². The van der Waals surface area contributed by atoms with Gasteiger partial charge in [-0.05, 0) is 54.8 Å². The number of carbonyl (C=O) groups is 1. The standard InChI is InChI=1S/C26H24ClN5O3S/c27-20-13-17(7-8-21(20)35-15-18-5-1-3-10-28-18)31-25-24-19-9-11-32(23(34)6-2-4-12-33)14-22(19)36-26(24)30-16-29-25/h1-3,5-8,10,13,16,33H,4,9,11-12,14-15H2,(H,29,30,31). The highest BCUT2D eigenvalue weighted by Gasteiger charge is 2.25. The second-order valence-electron chi connectivity index (χ2n) is 8.21. The lowest BCUT2D eigenvalue weighted by Crippen LogP contribution is -2.34. The molecule has 0 bridgehead atoms. The van der Waals surface area contributed by atoms with Crippen molar-refractivity contribution in [3.8, 4) is 5.75 Å². The third-order valence-corrected chi connectivity index (χ3v) is 7.22. The number of benzene rings is 1. The number of rotatable bonds is 8. The Morgan fingerprint density at radius 2 is 2.17 bits per heavy atom. The number of fused-ring (bicyclic) bond motifs is 3. The van der Waals surface area contributed by atoms with Crippen LogP contribution in [0.25, 0.3) is 10.2 Å². The molecule has 4 aromatic rings. The molecule has 184 valence electrons. The minimum Gasteiger partial charge on any atom is -0.486 e. The van der Waals surface area contributed by atoms with Crippen molar-refractivity contribution in [2.45, 2.75) is 26.0 Å². The van der Waals surface area contributed by atoms with Crippen LogP contribution in [0.15, 0.2) is 61.1 Å². The van der Waals surface area contributed by atoms with Crippen molar-refractivity contribution in [3.05, 3.63) is 82.2 Å². The number of ether oxygens (including phenoxy) is 1. The Kier molecular flexibility index (Phi) is 7.41. The number of hydrogen-bond donors (Lipinski definition) is 2. The summed E-state index contributed by atoms with van der Waals surface area (Å²) in [4.78, 5) is 29.5. The lowest BCUT2D eigenvalue weighted by molar-refractivity contribution is -0.126. The van der Waals surface area contributed by atoms with E-state index in [9.17, 15) is 4.79 Å². The lowest BCUT2D eigenvalue weighted by atomic mass is 10.0. The van der Waals surface area contributed by atoms with E-state index in [2.05, 4.69) is 20.3 Å². The smallest absolute Gasteiger partial charge is 0.246 e. The number of hydrogen-bond acceptors (Lipinski definition) is 8. The fourth-order valence-corrected chi connectivity index (χ4v) is 5.48. The normalized spacial score (nSPS) is 13.2. The average molecular weight is 522 g/mol. The Labute approximate surface area is 217 Å². The number of nitrogens with zero attached hydrogens (tertiary/aromatic N) is 4. The van der Waals surface area contributed by atoms with Crippen LogP contribution in [0, 0.1) is 0 Å². The largest absolute Gasteiger partial charge is 0.486 e. The van der Waals surface area contributed by atoms with Crippen LogP contribution >= 0.6 is 22.9 Å². The molecular formula is C26H24ClN5O3S. The second-order valence-corrected chi connectivity index (χ2v) is 9.70. The molecule has 4 heterocycles. The zero-order chi connectivity index (χ0) is 24.9. The first-order chi connectivity index (χ1) is 17.6. The predicted molar refractivity (Wildman–Crippen MR) is 141 cm³/mol. The number of thiophene rings is 1. The Hall–Kier alpha value is -3.53. The number of nitrogens with one attached hydrogen (secondary N) is 1. The lowest BCUT2D eigenvalue weighted by Gasteiger charge is -2.26. The Morgan fingerprint density at radius 1 is 1.25 bits per heavy atom. The minimum absolute atomic E-state index is 0.0326. The van der Waals surface area contributed by atoms with Gasteiger partial charge in [0.15, 0.2) is 0 Å². The van der Waals surface area contributed by atoms with E-state index in [4.69, 9.17) is 21.4 Å². The van der Waals surface area contributed by atoms with Crippen molar-refractivity contribution in [3.63, 3.8) is 0 Å². The summed E-state index contributed by atoms with van der Waals surface area (Å²) in [5.74, 6) is 1.24. The molecule has 1 aliphatic heterocycles. The van der Waals surface area contributed by atoms with Crippen LogP contribution in [0.1, 0.15) is 22.6 Å². The molecule has 8 nitrogen and oxygen atoms in total. The summed E-state index contributed by atoms with van der Waals surface area (Å²) in [5, 5.41) is 13.8. The number of carbonyl (C=O) groups excluding carboxylic acids is 1. The van der Waals surface area contributed by atoms with E-state index in [0.29, 0.717) is 42.7 Å². The van der Waals surface area contributed by atoms with Gasteiger partial charge < -0.3 is 20.1 Å². The van der Waals surface area contributed by atoms with Crippen LogP contribution in [0.4, 0.5) is 11.5 Å². The summed E-state index contributed by atoms with van der Waals surface area (Å²) in [6, 6.07) is 11.2. The topological polar surface area (TPSA) is 100 Å². The molecule has 5 rings (SSSR count). The van der Waals surface area contributed by atoms with Gasteiger partial charge in [-0.2, -0.15) is 0 Å². The summed E-state index contributed by atoms with van der Waals surface area (Å²) in [5.41, 5.74) is 2.78. The number of aliphatic hydroxyl groups is 1. The first-order valence-corrected chi connectivity index (χ1v) is 12.7. The van der Waals surface area contributed by atoms with E-state index in [-0.39, 0.29) is 12.5 Å². The van der Waals surface area contributed by atoms with E-state index in [1.165, 1.54) is 11.6 Å². The average Bonchev–Trinajstić information content (AvgIpc) is 3.28. The van der Waals surface area contributed by atoms with E-state index in [1.54, 1.807) is 36.0 Å². The fourth-order valence-electron chi connectivity index (χ4n) is 4.04. The van der Waals surface area contributed by atoms with Crippen molar-refractivity contribution in [1.82, 2.24) is 19.9 Å². The SMILES string of the molecule is O=C(C=CCCO)N1CCc2c(sc3ncnc(Nc4ccc(OCc5ccccn5)c(Cl)c4)c23)C1. The molecule has 0 aliphatic carbocycles. The van der Waals surface area contributed by atoms with Crippen LogP contribution in [0.3, 0.4) is 0 Å². The van der Waals surface area contributed by atoms with Crippen LogP contribution in [-0.4, -0.2) is 44.0 Å². The van der Waals surface area contributed by atoms with Crippen LogP contribution in [0.2, 0.25) is 5.02 Å². The summed E-state index contributed by atoms with van der Waals surface area (Å²) >= 11 is 8.08. The van der Waals surface area contributed by atoms with Gasteiger partial charge in [-0.3, -0.25) is 9.78 Å². The molecule has 0 unspecified atom stereocenters. The molecule has 0 atom stereocenters. The Morgan fingerprint density at radius 3 is 2.97 bits per heavy atom. The number of aliphatic hydroxyl groups excluding tert-OH is 1. The van der Waals surface area contributed by atoms with E-state index >= 15 is 0 Å². The van der Waals surface area contributed by atoms with Gasteiger partial charge in [0.25, 0.3) is 0 Å². The molecule has 10 heteroatoms. The van der Waals surface area contributed by atoms with Crippen molar-refractivity contribution in [1.29, 1.82) is 0 Å². The molecule has 0 fully saturated rings. The predicted octanol–water partition coefficient (Wildman–Crippen LogP) is 4.89. The molecule has 0 saturated carbocycles. The Balaban J connectivity index is 1.33. The highest BCUT2D eigenvalue weighted by molar-refractivity contribution is 7.19. The summed E-state index contributed by atoms with van der Waals surface area (Å²) in [6.07, 6.45) is 7.70. The fraction of sp³-hybridized carbons (Fsp3) is 0.231. The first-order valence-electron chi connectivity index (χ1n) is 11.5. The summed E-state index contributed by atoms with van der Waals surface area (Å²) < 4.78 is 5.82. The quantitative estimate of drug-likeness (QED) is 0.318. The van der Waals surface area contributed by atoms with E-state index in [1.807, 2.05) is 35.2 Å². The monoisotopic (exact) mass is 521 g/mol. The molecule has 1 amide bonds. The van der Waals surface area contributed by atoms with Crippen molar-refractivity contribution in [2.75, 3.05) is 18.5 Å². The molecule has 0 spiro atoms. The van der Waals surface area contributed by atoms with Crippen molar-refractivity contribution in [2.24, 2.45) is 0 Å². The molecule has 1 aliphatic rings. The van der Waals surface area contributed by atoms with Crippen LogP contribution < -0.4 is 10.1 Å². The summed E-state index contributed by atoms with van der Waals surface area (Å²) in [7, 11) is 0. The highest BCUT2D eigenvalue weighted by atomic mass is 35.5. The molecular weight excluding hydrogens is 498 g/mol. The molecule has 0 saturated heterocycles. The third-order valence-electron chi connectivity index (χ3n) is 5.80. The highest BCUT2D eigenvalue weighted by Crippen LogP contribution is 2.38. The number of pyridine rings is 1. The molecule has 3 aromatic heterocycles. The van der Waals surface area contributed by atoms with Gasteiger partial charge >= 0.3 is 0 Å². The number of anilines is 2. The van der Waals surface area contributed by atoms with E-state index in [0.717, 1.165) is 32.9 Å². The van der Waals surface area contributed by atoms with E-state index < -0.39 is 0 Å². The molecule has 36 heavy (non-hydrogen) atoms. The van der Waals surface area contributed by atoms with Crippen molar-refractivity contribution >= 4 is 50.6 Å². The minimum atomic E-state index is -0.0454. The Bertz CT molecular complexity index is 1410. The molecule has 0 radical (unpaired) electrons. The maximum atomic E-state index is 12.5. The maximum Gasteiger partial charge on any atom is 0.246 e. The zero-order valence-electron chi connectivity index (χ0n) is 19.4. The molecule has 1 aromatic carbocycles. The van der Waals surface area contributed by atoms with Crippen LogP contribution in [0.5, 0.6) is 5.75 Å². The van der Waals surface area contributed by atoms with Gasteiger partial charge in [-0.25, -0.2) is 9.97 Å². The van der Waals surface area contributed by atoms with Gasteiger partial charge in [0.1, 0.15) is 29.3 Å². The number of amides is 1. The van der Waals surface area contributed by atoms with Crippen LogP contribution in [-0.2, 0) is 24.4 Å². The zero-order valence-corrected chi connectivity index (χ0v) is 20.9. The third kappa shape index (κ3) is 5.33. The van der Waals surface area contributed by atoms with Gasteiger partial charge in [0, 0.05) is 29.9 Å². The number of halogens is 1. The van der Waals surface area contributed by atoms with Gasteiger partial charge in [0.2, 0.25) is 5.91 Å². The second kappa shape index (κ2) is 11.0. The van der Waals surface area contributed by atoms with Gasteiger partial charge in [-0.1, -0.05) is 23.7 Å². The maximum absolute atomic E-state index is 12.5. The first kappa shape index (κ1) is 24.2. The number of aromatic nitrogens is 3. The van der Waals surface area contributed by atoms with Gasteiger partial charge in [-0.15, -0.1) is 11.3 Å². The summed E-state index contributed by atoms with van der Waals surface area (Å²) in [6.45, 7) is 1.51. The molecule has 2 N–H and O–H groups in total.